The molecule has 0 saturated carbocycles. The maximum Gasteiger partial charge on any atom is 0.274 e. The van der Waals surface area contributed by atoms with E-state index in [9.17, 15) is 18.4 Å². The van der Waals surface area contributed by atoms with Gasteiger partial charge in [-0.05, 0) is 24.6 Å². The van der Waals surface area contributed by atoms with Crippen LogP contribution < -0.4 is 5.32 Å². The van der Waals surface area contributed by atoms with Crippen molar-refractivity contribution in [2.24, 2.45) is 0 Å². The number of carbonyl (C=O) groups excluding carboxylic acids is 2. The molecule has 1 N–H and O–H groups in total. The Morgan fingerprint density at radius 1 is 1.11 bits per heavy atom. The third-order valence-corrected chi connectivity index (χ3v) is 7.32. The predicted molar refractivity (Wildman–Crippen MR) is 135 cm³/mol. The first-order chi connectivity index (χ1) is 17.3. The third kappa shape index (κ3) is 4.83. The lowest BCUT2D eigenvalue weighted by atomic mass is 9.97. The normalized spacial score (nSPS) is 17.2. The summed E-state index contributed by atoms with van der Waals surface area (Å²) in [6, 6.07) is 17.4. The fraction of sp³-hybridized carbons (Fsp3) is 0.259. The van der Waals surface area contributed by atoms with Crippen molar-refractivity contribution in [2.75, 3.05) is 13.1 Å². The Bertz CT molecular complexity index is 1420. The Morgan fingerprint density at radius 2 is 1.89 bits per heavy atom. The number of aromatic nitrogens is 2. The van der Waals surface area contributed by atoms with Crippen LogP contribution in [-0.4, -0.2) is 51.7 Å². The number of nitrogens with zero attached hydrogens (tertiary/aromatic N) is 3. The van der Waals surface area contributed by atoms with Gasteiger partial charge in [-0.1, -0.05) is 48.5 Å². The second-order valence-electron chi connectivity index (χ2n) is 8.83. The monoisotopic (exact) mass is 506 g/mol. The number of aryl methyl sites for hydroxylation is 1. The average molecular weight is 507 g/mol. The first-order valence-corrected chi connectivity index (χ1v) is 12.5. The quantitative estimate of drug-likeness (QED) is 0.397. The number of thiazole rings is 1. The third-order valence-electron chi connectivity index (χ3n) is 6.30. The van der Waals surface area contributed by atoms with Crippen molar-refractivity contribution in [3.63, 3.8) is 0 Å². The number of alkyl halides is 2. The topological polar surface area (TPSA) is 75.2 Å². The zero-order chi connectivity index (χ0) is 25.3. The molecule has 2 amide bonds. The number of amides is 2. The largest absolute Gasteiger partial charge is 0.350 e. The second kappa shape index (κ2) is 9.73. The summed E-state index contributed by atoms with van der Waals surface area (Å²) in [5.74, 6) is -3.75. The first kappa shape index (κ1) is 24.0. The maximum absolute atomic E-state index is 14.4. The van der Waals surface area contributed by atoms with Gasteiger partial charge in [0, 0.05) is 37.5 Å². The Kier molecular flexibility index (Phi) is 6.49. The summed E-state index contributed by atoms with van der Waals surface area (Å²) in [6.07, 6.45) is 0.637. The molecule has 1 saturated heterocycles. The van der Waals surface area contributed by atoms with Gasteiger partial charge in [-0.25, -0.2) is 13.8 Å². The zero-order valence-corrected chi connectivity index (χ0v) is 20.4. The van der Waals surface area contributed by atoms with Gasteiger partial charge >= 0.3 is 0 Å². The van der Waals surface area contributed by atoms with Crippen molar-refractivity contribution < 1.29 is 18.4 Å². The molecule has 3 heterocycles. The van der Waals surface area contributed by atoms with Gasteiger partial charge in [0.15, 0.2) is 0 Å². The molecule has 1 aliphatic rings. The Labute approximate surface area is 211 Å². The number of carbonyl (C=O) groups is 2. The molecule has 36 heavy (non-hydrogen) atoms. The van der Waals surface area contributed by atoms with Crippen molar-refractivity contribution in [3.8, 4) is 10.4 Å². The minimum Gasteiger partial charge on any atom is -0.350 e. The molecule has 0 radical (unpaired) electrons. The number of para-hydroxylation sites is 1. The molecular formula is C27H24F2N4O2S. The van der Waals surface area contributed by atoms with Gasteiger partial charge in [0.1, 0.15) is 5.69 Å². The highest BCUT2D eigenvalue weighted by molar-refractivity contribution is 7.15. The van der Waals surface area contributed by atoms with E-state index >= 15 is 0 Å². The summed E-state index contributed by atoms with van der Waals surface area (Å²) in [6.45, 7) is 1.59. The van der Waals surface area contributed by atoms with Gasteiger partial charge in [0.2, 0.25) is 0 Å². The van der Waals surface area contributed by atoms with Gasteiger partial charge in [-0.3, -0.25) is 14.6 Å². The summed E-state index contributed by atoms with van der Waals surface area (Å²) in [5, 5.41) is 4.28. The summed E-state index contributed by atoms with van der Waals surface area (Å²) in [4.78, 5) is 37.5. The minimum absolute atomic E-state index is 0.104. The number of hydrogen-bond acceptors (Lipinski definition) is 5. The van der Waals surface area contributed by atoms with E-state index in [1.807, 2.05) is 49.4 Å². The van der Waals surface area contributed by atoms with E-state index in [-0.39, 0.29) is 18.8 Å². The van der Waals surface area contributed by atoms with E-state index in [0.717, 1.165) is 10.9 Å². The van der Waals surface area contributed by atoms with Crippen LogP contribution in [0.15, 0.2) is 66.9 Å². The van der Waals surface area contributed by atoms with Crippen LogP contribution in [0.1, 0.15) is 38.7 Å². The van der Waals surface area contributed by atoms with Crippen molar-refractivity contribution in [1.82, 2.24) is 20.2 Å². The lowest BCUT2D eigenvalue weighted by Gasteiger charge is -2.39. The molecule has 184 valence electrons. The fourth-order valence-electron chi connectivity index (χ4n) is 4.56. The lowest BCUT2D eigenvalue weighted by molar-refractivity contribution is -0.0691. The van der Waals surface area contributed by atoms with E-state index in [1.165, 1.54) is 16.2 Å². The Balaban J connectivity index is 1.39. The smallest absolute Gasteiger partial charge is 0.274 e. The summed E-state index contributed by atoms with van der Waals surface area (Å²) >= 11 is 1.39. The van der Waals surface area contributed by atoms with Crippen molar-refractivity contribution in [2.45, 2.75) is 31.7 Å². The van der Waals surface area contributed by atoms with Crippen LogP contribution >= 0.6 is 11.3 Å². The predicted octanol–water partition coefficient (Wildman–Crippen LogP) is 5.34. The SMILES string of the molecule is Cc1nc(C(=O)N2CCC(F)(F)C[C@H]2CNC(=O)c2cccc3cccnc23)c(-c2ccccc2)s1. The zero-order valence-electron chi connectivity index (χ0n) is 19.6. The molecule has 0 bridgehead atoms. The number of piperidine rings is 1. The molecule has 4 aromatic rings. The standard InChI is InChI=1S/C27H24F2N4O2S/c1-17-32-23(24(36-17)19-7-3-2-4-8-19)26(35)33-14-12-27(28,29)15-20(33)16-31-25(34)21-11-5-9-18-10-6-13-30-22(18)21/h2-11,13,20H,12,14-16H2,1H3,(H,31,34)/t20-/m0/s1. The Hall–Kier alpha value is -3.72. The van der Waals surface area contributed by atoms with Crippen molar-refractivity contribution in [3.05, 3.63) is 83.1 Å². The highest BCUT2D eigenvalue weighted by atomic mass is 32.1. The molecule has 1 fully saturated rings. The summed E-state index contributed by atoms with van der Waals surface area (Å²) < 4.78 is 28.8. The molecule has 5 rings (SSSR count). The number of fused-ring (bicyclic) bond motifs is 1. The lowest BCUT2D eigenvalue weighted by Crippen LogP contribution is -2.54. The average Bonchev–Trinajstić information content (AvgIpc) is 3.28. The molecule has 9 heteroatoms. The minimum atomic E-state index is -2.92. The number of rotatable bonds is 5. The van der Waals surface area contributed by atoms with Gasteiger partial charge in [0.25, 0.3) is 17.7 Å². The number of likely N-dealkylation sites (tertiary alicyclic amines) is 1. The highest BCUT2D eigenvalue weighted by Crippen LogP contribution is 2.35. The second-order valence-corrected chi connectivity index (χ2v) is 10.0. The fourth-order valence-corrected chi connectivity index (χ4v) is 5.48. The summed E-state index contributed by atoms with van der Waals surface area (Å²) in [5.41, 5.74) is 1.99. The molecule has 6 nitrogen and oxygen atoms in total. The number of nitrogens with one attached hydrogen (secondary N) is 1. The summed E-state index contributed by atoms with van der Waals surface area (Å²) in [7, 11) is 0. The van der Waals surface area contributed by atoms with E-state index in [4.69, 9.17) is 0 Å². The molecule has 1 atom stereocenters. The molecule has 0 unspecified atom stereocenters. The maximum atomic E-state index is 14.4. The van der Waals surface area contributed by atoms with E-state index < -0.39 is 36.6 Å². The molecule has 2 aromatic carbocycles. The van der Waals surface area contributed by atoms with Gasteiger partial charge in [-0.15, -0.1) is 11.3 Å². The number of hydrogen-bond donors (Lipinski definition) is 1. The first-order valence-electron chi connectivity index (χ1n) is 11.7. The molecule has 2 aromatic heterocycles. The van der Waals surface area contributed by atoms with E-state index in [0.29, 0.717) is 21.0 Å². The van der Waals surface area contributed by atoms with Gasteiger partial charge < -0.3 is 10.2 Å². The van der Waals surface area contributed by atoms with Crippen LogP contribution in [0.2, 0.25) is 0 Å². The Morgan fingerprint density at radius 3 is 2.69 bits per heavy atom. The van der Waals surface area contributed by atoms with Gasteiger partial charge in [0.05, 0.1) is 27.0 Å². The molecule has 1 aliphatic heterocycles. The van der Waals surface area contributed by atoms with Crippen LogP contribution in [0.4, 0.5) is 8.78 Å². The number of halogens is 2. The van der Waals surface area contributed by atoms with Crippen LogP contribution in [-0.2, 0) is 0 Å². The molecule has 0 aliphatic carbocycles. The van der Waals surface area contributed by atoms with E-state index in [1.54, 1.807) is 24.4 Å². The van der Waals surface area contributed by atoms with Crippen molar-refractivity contribution >= 4 is 34.1 Å². The van der Waals surface area contributed by atoms with Gasteiger partial charge in [-0.2, -0.15) is 0 Å². The number of pyridine rings is 1. The van der Waals surface area contributed by atoms with Crippen LogP contribution in [0.5, 0.6) is 0 Å². The highest BCUT2D eigenvalue weighted by Gasteiger charge is 2.43. The number of benzene rings is 2. The van der Waals surface area contributed by atoms with Crippen molar-refractivity contribution in [1.29, 1.82) is 0 Å². The molecular weight excluding hydrogens is 482 g/mol. The van der Waals surface area contributed by atoms with Crippen LogP contribution in [0.25, 0.3) is 21.3 Å². The molecule has 0 spiro atoms. The van der Waals surface area contributed by atoms with E-state index in [2.05, 4.69) is 15.3 Å². The van der Waals surface area contributed by atoms with Crippen LogP contribution in [0, 0.1) is 6.92 Å². The van der Waals surface area contributed by atoms with Crippen LogP contribution in [0.3, 0.4) is 0 Å².